The maximum atomic E-state index is 14.4. The first kappa shape index (κ1) is 23.9. The Morgan fingerprint density at radius 3 is 2.35 bits per heavy atom. The third-order valence-electron chi connectivity index (χ3n) is 4.16. The second-order valence-corrected chi connectivity index (χ2v) is 7.88. The van der Waals surface area contributed by atoms with Gasteiger partial charge in [0.2, 0.25) is 0 Å². The second kappa shape index (κ2) is 10.6. The van der Waals surface area contributed by atoms with E-state index in [1.807, 2.05) is 6.92 Å². The smallest absolute Gasteiger partial charge is 0.407 e. The number of carbonyl (C=O) groups is 2. The third-order valence-corrected chi connectivity index (χ3v) is 4.16. The number of nitrogens with one attached hydrogen (secondary N) is 4. The molecule has 0 aliphatic rings. The molecule has 168 valence electrons. The lowest BCUT2D eigenvalue weighted by Crippen LogP contribution is -2.42. The highest BCUT2D eigenvalue weighted by molar-refractivity contribution is 6.00. The van der Waals surface area contributed by atoms with E-state index < -0.39 is 29.2 Å². The van der Waals surface area contributed by atoms with Gasteiger partial charge in [-0.1, -0.05) is 13.0 Å². The van der Waals surface area contributed by atoms with Gasteiger partial charge in [-0.3, -0.25) is 15.6 Å². The molecule has 0 unspecified atom stereocenters. The number of amides is 2. The van der Waals surface area contributed by atoms with Gasteiger partial charge in [-0.25, -0.2) is 13.6 Å². The van der Waals surface area contributed by atoms with Crippen LogP contribution in [0.1, 0.15) is 44.5 Å². The third kappa shape index (κ3) is 7.76. The van der Waals surface area contributed by atoms with Crippen LogP contribution in [0.2, 0.25) is 0 Å². The molecule has 0 bridgehead atoms. The van der Waals surface area contributed by atoms with Crippen LogP contribution < -0.4 is 21.5 Å². The molecule has 2 aromatic carbocycles. The van der Waals surface area contributed by atoms with Crippen molar-refractivity contribution < 1.29 is 23.1 Å². The molecule has 2 rings (SSSR count). The fourth-order valence-electron chi connectivity index (χ4n) is 2.63. The number of carbonyl (C=O) groups excluding carboxylic acids is 2. The van der Waals surface area contributed by atoms with E-state index in [0.717, 1.165) is 0 Å². The Balaban J connectivity index is 2.03. The molecule has 0 spiro atoms. The molecule has 7 nitrogen and oxygen atoms in total. The number of anilines is 2. The summed E-state index contributed by atoms with van der Waals surface area (Å²) in [6, 6.07) is 9.25. The minimum atomic E-state index is -0.712. The van der Waals surface area contributed by atoms with E-state index in [1.165, 1.54) is 36.4 Å². The van der Waals surface area contributed by atoms with E-state index in [-0.39, 0.29) is 23.8 Å². The lowest BCUT2D eigenvalue weighted by atomic mass is 10.1. The SMILES string of the molecule is CC[C@@H](CNc1cccc(F)c1C(=O)NNc1ccc(F)cc1)NC(=O)OC(C)(C)C. The molecule has 2 amide bonds. The summed E-state index contributed by atoms with van der Waals surface area (Å²) in [5.74, 6) is -1.84. The van der Waals surface area contributed by atoms with E-state index in [0.29, 0.717) is 12.1 Å². The standard InChI is InChI=1S/C22H28F2N4O3/c1-5-15(26-21(30)31-22(2,3)4)13-25-18-8-6-7-17(24)19(18)20(29)28-27-16-11-9-14(23)10-12-16/h6-12,15,25,27H,5,13H2,1-4H3,(H,26,30)(H,28,29)/t15-/m0/s1. The summed E-state index contributed by atoms with van der Waals surface area (Å²) in [6.45, 7) is 7.44. The molecule has 0 radical (unpaired) electrons. The van der Waals surface area contributed by atoms with Gasteiger partial charge in [0, 0.05) is 12.6 Å². The minimum absolute atomic E-state index is 0.191. The van der Waals surface area contributed by atoms with Crippen molar-refractivity contribution in [3.8, 4) is 0 Å². The molecule has 0 aliphatic heterocycles. The number of halogens is 2. The van der Waals surface area contributed by atoms with Crippen LogP contribution in [-0.4, -0.2) is 30.2 Å². The number of hydrogen-bond acceptors (Lipinski definition) is 5. The fraction of sp³-hybridized carbons (Fsp3) is 0.364. The summed E-state index contributed by atoms with van der Waals surface area (Å²) < 4.78 is 32.7. The van der Waals surface area contributed by atoms with Gasteiger partial charge >= 0.3 is 6.09 Å². The lowest BCUT2D eigenvalue weighted by Gasteiger charge is -2.24. The first-order valence-electron chi connectivity index (χ1n) is 9.93. The molecule has 0 saturated heterocycles. The van der Waals surface area contributed by atoms with E-state index in [4.69, 9.17) is 4.74 Å². The highest BCUT2D eigenvalue weighted by Gasteiger charge is 2.20. The molecule has 9 heteroatoms. The monoisotopic (exact) mass is 434 g/mol. The van der Waals surface area contributed by atoms with Gasteiger partial charge in [-0.15, -0.1) is 0 Å². The molecule has 0 aromatic heterocycles. The molecule has 1 atom stereocenters. The van der Waals surface area contributed by atoms with Crippen LogP contribution in [0, 0.1) is 11.6 Å². The van der Waals surface area contributed by atoms with Gasteiger partial charge in [0.05, 0.1) is 16.9 Å². The van der Waals surface area contributed by atoms with E-state index in [1.54, 1.807) is 26.8 Å². The van der Waals surface area contributed by atoms with Gasteiger partial charge in [-0.05, 0) is 63.6 Å². The summed E-state index contributed by atoms with van der Waals surface area (Å²) in [4.78, 5) is 24.6. The zero-order valence-corrected chi connectivity index (χ0v) is 18.0. The first-order chi connectivity index (χ1) is 14.6. The summed E-state index contributed by atoms with van der Waals surface area (Å²) in [6.07, 6.45) is 0.0386. The van der Waals surface area contributed by atoms with Crippen LogP contribution >= 0.6 is 0 Å². The number of alkyl carbamates (subject to hydrolysis) is 1. The van der Waals surface area contributed by atoms with Crippen molar-refractivity contribution in [1.29, 1.82) is 0 Å². The number of ether oxygens (including phenoxy) is 1. The molecule has 0 fully saturated rings. The fourth-order valence-corrected chi connectivity index (χ4v) is 2.63. The topological polar surface area (TPSA) is 91.5 Å². The summed E-state index contributed by atoms with van der Waals surface area (Å²) in [7, 11) is 0. The lowest BCUT2D eigenvalue weighted by molar-refractivity contribution is 0.0505. The van der Waals surface area contributed by atoms with Crippen LogP contribution in [0.3, 0.4) is 0 Å². The largest absolute Gasteiger partial charge is 0.444 e. The summed E-state index contributed by atoms with van der Waals surface area (Å²) in [5, 5.41) is 5.76. The zero-order chi connectivity index (χ0) is 23.0. The normalized spacial score (nSPS) is 11.9. The molecular formula is C22H28F2N4O3. The molecule has 31 heavy (non-hydrogen) atoms. The first-order valence-corrected chi connectivity index (χ1v) is 9.93. The number of hydrazine groups is 1. The maximum absolute atomic E-state index is 14.4. The molecule has 4 N–H and O–H groups in total. The Morgan fingerprint density at radius 2 is 1.74 bits per heavy atom. The van der Waals surface area contributed by atoms with Crippen LogP contribution in [0.15, 0.2) is 42.5 Å². The Morgan fingerprint density at radius 1 is 1.06 bits per heavy atom. The van der Waals surface area contributed by atoms with Crippen molar-refractivity contribution in [2.45, 2.75) is 45.8 Å². The van der Waals surface area contributed by atoms with Gasteiger partial charge < -0.3 is 15.4 Å². The van der Waals surface area contributed by atoms with Gasteiger partial charge in [-0.2, -0.15) is 0 Å². The van der Waals surface area contributed by atoms with E-state index >= 15 is 0 Å². The summed E-state index contributed by atoms with van der Waals surface area (Å²) >= 11 is 0. The van der Waals surface area contributed by atoms with Crippen molar-refractivity contribution in [2.24, 2.45) is 0 Å². The van der Waals surface area contributed by atoms with Crippen molar-refractivity contribution in [2.75, 3.05) is 17.3 Å². The number of hydrogen-bond donors (Lipinski definition) is 4. The highest BCUT2D eigenvalue weighted by atomic mass is 19.1. The van der Waals surface area contributed by atoms with Crippen molar-refractivity contribution in [3.63, 3.8) is 0 Å². The van der Waals surface area contributed by atoms with Crippen LogP contribution in [0.5, 0.6) is 0 Å². The predicted octanol–water partition coefficient (Wildman–Crippen LogP) is 4.44. The minimum Gasteiger partial charge on any atom is -0.444 e. The van der Waals surface area contributed by atoms with Gasteiger partial charge in [0.15, 0.2) is 0 Å². The number of benzene rings is 2. The average Bonchev–Trinajstić information content (AvgIpc) is 2.69. The van der Waals surface area contributed by atoms with E-state index in [9.17, 15) is 18.4 Å². The Labute approximate surface area is 180 Å². The predicted molar refractivity (Wildman–Crippen MR) is 116 cm³/mol. The molecule has 2 aromatic rings. The van der Waals surface area contributed by atoms with E-state index in [2.05, 4.69) is 21.5 Å². The van der Waals surface area contributed by atoms with Gasteiger partial charge in [0.1, 0.15) is 17.2 Å². The highest BCUT2D eigenvalue weighted by Crippen LogP contribution is 2.19. The molecule has 0 saturated carbocycles. The Bertz CT molecular complexity index is 899. The van der Waals surface area contributed by atoms with Crippen LogP contribution in [0.25, 0.3) is 0 Å². The van der Waals surface area contributed by atoms with Crippen LogP contribution in [0.4, 0.5) is 25.0 Å². The second-order valence-electron chi connectivity index (χ2n) is 7.88. The molecule has 0 heterocycles. The molecular weight excluding hydrogens is 406 g/mol. The van der Waals surface area contributed by atoms with Crippen molar-refractivity contribution >= 4 is 23.4 Å². The molecule has 0 aliphatic carbocycles. The van der Waals surface area contributed by atoms with Crippen LogP contribution in [-0.2, 0) is 4.74 Å². The zero-order valence-electron chi connectivity index (χ0n) is 18.0. The van der Waals surface area contributed by atoms with Crippen molar-refractivity contribution in [1.82, 2.24) is 10.7 Å². The maximum Gasteiger partial charge on any atom is 0.407 e. The Kier molecular flexibility index (Phi) is 8.18. The average molecular weight is 434 g/mol. The van der Waals surface area contributed by atoms with Gasteiger partial charge in [0.25, 0.3) is 5.91 Å². The Hall–Kier alpha value is -3.36. The summed E-state index contributed by atoms with van der Waals surface area (Å²) in [5.41, 5.74) is 4.90. The van der Waals surface area contributed by atoms with Crippen molar-refractivity contribution in [3.05, 3.63) is 59.7 Å². The number of rotatable bonds is 8. The quantitative estimate of drug-likeness (QED) is 0.461.